The normalized spacial score (nSPS) is 11.9. The van der Waals surface area contributed by atoms with Crippen LogP contribution in [-0.4, -0.2) is 97.2 Å². The number of carboxylic acids is 1. The quantitative estimate of drug-likeness (QED) is 0.145. The Labute approximate surface area is 195 Å². The van der Waals surface area contributed by atoms with Gasteiger partial charge in [-0.3, -0.25) is 33.6 Å². The Kier molecular flexibility index (Phi) is 12.1. The summed E-state index contributed by atoms with van der Waals surface area (Å²) in [4.78, 5) is 81.7. The minimum Gasteiger partial charge on any atom is -0.480 e. The van der Waals surface area contributed by atoms with E-state index >= 15 is 0 Å². The third-order valence-corrected chi connectivity index (χ3v) is 4.26. The van der Waals surface area contributed by atoms with Gasteiger partial charge in [-0.1, -0.05) is 24.3 Å². The van der Waals surface area contributed by atoms with E-state index in [-0.39, 0.29) is 18.4 Å². The Bertz CT molecular complexity index is 857. The summed E-state index contributed by atoms with van der Waals surface area (Å²) in [5.41, 5.74) is 0. The lowest BCUT2D eigenvalue weighted by Gasteiger charge is -2.22. The van der Waals surface area contributed by atoms with Crippen molar-refractivity contribution >= 4 is 41.4 Å². The van der Waals surface area contributed by atoms with Gasteiger partial charge in [-0.2, -0.15) is 0 Å². The zero-order chi connectivity index (χ0) is 25.5. The molecule has 0 spiro atoms. The number of hydrogen-bond acceptors (Lipinski definition) is 7. The van der Waals surface area contributed by atoms with Gasteiger partial charge >= 0.3 is 5.97 Å². The highest BCUT2D eigenvalue weighted by Crippen LogP contribution is 2.10. The van der Waals surface area contributed by atoms with Crippen molar-refractivity contribution in [3.63, 3.8) is 0 Å². The molecule has 0 unspecified atom stereocenters. The average molecular weight is 480 g/mol. The number of allylic oxidation sites excluding steroid dienone is 2. The number of carbonyl (C=O) groups excluding carboxylic acids is 6. The van der Waals surface area contributed by atoms with Gasteiger partial charge in [0.15, 0.2) is 0 Å². The van der Waals surface area contributed by atoms with Crippen molar-refractivity contribution in [1.82, 2.24) is 31.5 Å². The predicted octanol–water partition coefficient (Wildman–Crippen LogP) is -3.76. The fourth-order valence-electron chi connectivity index (χ4n) is 2.53. The first kappa shape index (κ1) is 27.8. The SMILES string of the molecule is CC(=O)N(CC(=O)NCC(=O)NCC(=O)NCC(=O)NCC(=O)NCC(=O)O)CC1C=CC=C1. The van der Waals surface area contributed by atoms with E-state index in [2.05, 4.69) is 21.3 Å². The molecule has 14 nitrogen and oxygen atoms in total. The van der Waals surface area contributed by atoms with Gasteiger partial charge < -0.3 is 36.6 Å². The number of nitrogens with one attached hydrogen (secondary N) is 5. The summed E-state index contributed by atoms with van der Waals surface area (Å²) in [5, 5.41) is 19.5. The van der Waals surface area contributed by atoms with Crippen molar-refractivity contribution in [2.45, 2.75) is 6.92 Å². The lowest BCUT2D eigenvalue weighted by atomic mass is 10.1. The van der Waals surface area contributed by atoms with E-state index in [1.807, 2.05) is 29.6 Å². The summed E-state index contributed by atoms with van der Waals surface area (Å²) < 4.78 is 0. The molecule has 1 aliphatic carbocycles. The van der Waals surface area contributed by atoms with Crippen LogP contribution in [0, 0.1) is 5.92 Å². The zero-order valence-corrected chi connectivity index (χ0v) is 18.6. The molecule has 6 amide bonds. The van der Waals surface area contributed by atoms with E-state index in [9.17, 15) is 33.6 Å². The van der Waals surface area contributed by atoms with Gasteiger partial charge in [-0.05, 0) is 0 Å². The molecule has 0 saturated carbocycles. The highest BCUT2D eigenvalue weighted by Gasteiger charge is 2.18. The van der Waals surface area contributed by atoms with E-state index in [0.717, 1.165) is 0 Å². The van der Waals surface area contributed by atoms with Gasteiger partial charge in [0.25, 0.3) is 0 Å². The second-order valence-corrected chi connectivity index (χ2v) is 7.11. The molecule has 0 bridgehead atoms. The highest BCUT2D eigenvalue weighted by atomic mass is 16.4. The van der Waals surface area contributed by atoms with Crippen LogP contribution in [0.2, 0.25) is 0 Å². The molecule has 0 aromatic heterocycles. The molecule has 14 heteroatoms. The van der Waals surface area contributed by atoms with Crippen molar-refractivity contribution in [2.24, 2.45) is 5.92 Å². The summed E-state index contributed by atoms with van der Waals surface area (Å²) in [7, 11) is 0. The van der Waals surface area contributed by atoms with E-state index in [1.54, 1.807) is 0 Å². The molecule has 0 aromatic carbocycles. The van der Waals surface area contributed by atoms with Gasteiger partial charge in [0.1, 0.15) is 6.54 Å². The summed E-state index contributed by atoms with van der Waals surface area (Å²) in [5.74, 6) is -4.79. The van der Waals surface area contributed by atoms with E-state index < -0.39 is 68.2 Å². The first-order chi connectivity index (χ1) is 16.1. The van der Waals surface area contributed by atoms with Crippen LogP contribution in [0.3, 0.4) is 0 Å². The fourth-order valence-corrected chi connectivity index (χ4v) is 2.53. The van der Waals surface area contributed by atoms with Gasteiger partial charge in [-0.15, -0.1) is 0 Å². The van der Waals surface area contributed by atoms with E-state index in [1.165, 1.54) is 11.8 Å². The maximum Gasteiger partial charge on any atom is 0.322 e. The molecule has 34 heavy (non-hydrogen) atoms. The second-order valence-electron chi connectivity index (χ2n) is 7.11. The van der Waals surface area contributed by atoms with Crippen LogP contribution >= 0.6 is 0 Å². The fraction of sp³-hybridized carbons (Fsp3) is 0.450. The standard InChI is InChI=1S/C20H28N6O8/c1-13(27)26(11-14-4-2-3-5-14)12-19(32)24-9-17(30)22-7-15(28)21-6-16(29)23-8-18(31)25-10-20(33)34/h2-5,14H,6-12H2,1H3,(H,21,28)(H,22,30)(H,23,29)(H,24,32)(H,25,31)(H,33,34). The molecular formula is C20H28N6O8. The number of hydrogen-bond donors (Lipinski definition) is 6. The molecule has 0 fully saturated rings. The molecule has 1 aliphatic rings. The molecule has 1 rings (SSSR count). The van der Waals surface area contributed by atoms with Crippen LogP contribution < -0.4 is 26.6 Å². The Balaban J connectivity index is 2.20. The second kappa shape index (κ2) is 14.8. The average Bonchev–Trinajstić information content (AvgIpc) is 3.29. The van der Waals surface area contributed by atoms with E-state index in [4.69, 9.17) is 5.11 Å². The molecule has 186 valence electrons. The highest BCUT2D eigenvalue weighted by molar-refractivity contribution is 5.92. The Morgan fingerprint density at radius 3 is 1.44 bits per heavy atom. The minimum atomic E-state index is -1.23. The van der Waals surface area contributed by atoms with Crippen LogP contribution in [-0.2, 0) is 33.6 Å². The predicted molar refractivity (Wildman–Crippen MR) is 117 cm³/mol. The van der Waals surface area contributed by atoms with Crippen LogP contribution in [0.4, 0.5) is 0 Å². The minimum absolute atomic E-state index is 0.0229. The zero-order valence-electron chi connectivity index (χ0n) is 18.6. The maximum absolute atomic E-state index is 12.0. The van der Waals surface area contributed by atoms with Crippen LogP contribution in [0.5, 0.6) is 0 Å². The lowest BCUT2D eigenvalue weighted by molar-refractivity contribution is -0.137. The molecule has 0 saturated heterocycles. The maximum atomic E-state index is 12.0. The van der Waals surface area contributed by atoms with Crippen LogP contribution in [0.25, 0.3) is 0 Å². The van der Waals surface area contributed by atoms with Gasteiger partial charge in [0, 0.05) is 19.4 Å². The van der Waals surface area contributed by atoms with E-state index in [0.29, 0.717) is 6.54 Å². The van der Waals surface area contributed by atoms with Crippen LogP contribution in [0.1, 0.15) is 6.92 Å². The summed E-state index contributed by atoms with van der Waals surface area (Å²) in [6.07, 6.45) is 7.49. The Morgan fingerprint density at radius 1 is 0.676 bits per heavy atom. The molecule has 0 aliphatic heterocycles. The monoisotopic (exact) mass is 480 g/mol. The third kappa shape index (κ3) is 12.6. The van der Waals surface area contributed by atoms with Crippen molar-refractivity contribution < 1.29 is 38.7 Å². The summed E-state index contributed by atoms with van der Waals surface area (Å²) in [6.45, 7) is -0.926. The molecule has 0 aromatic rings. The number of aliphatic carboxylic acids is 1. The third-order valence-electron chi connectivity index (χ3n) is 4.26. The number of rotatable bonds is 14. The van der Waals surface area contributed by atoms with Crippen molar-refractivity contribution in [2.75, 3.05) is 45.8 Å². The Morgan fingerprint density at radius 2 is 1.06 bits per heavy atom. The van der Waals surface area contributed by atoms with Gasteiger partial charge in [0.05, 0.1) is 32.7 Å². The molecular weight excluding hydrogens is 452 g/mol. The van der Waals surface area contributed by atoms with Gasteiger partial charge in [0.2, 0.25) is 35.4 Å². The van der Waals surface area contributed by atoms with Crippen molar-refractivity contribution in [3.8, 4) is 0 Å². The van der Waals surface area contributed by atoms with Crippen molar-refractivity contribution in [3.05, 3.63) is 24.3 Å². The van der Waals surface area contributed by atoms with Crippen molar-refractivity contribution in [1.29, 1.82) is 0 Å². The topological polar surface area (TPSA) is 203 Å². The Hall–Kier alpha value is -4.23. The number of carboxylic acid groups (broad SMARTS) is 1. The van der Waals surface area contributed by atoms with Gasteiger partial charge in [-0.25, -0.2) is 0 Å². The number of nitrogens with zero attached hydrogens (tertiary/aromatic N) is 1. The molecule has 0 atom stereocenters. The number of carbonyl (C=O) groups is 7. The first-order valence-electron chi connectivity index (χ1n) is 10.2. The molecule has 0 radical (unpaired) electrons. The van der Waals surface area contributed by atoms with Crippen LogP contribution in [0.15, 0.2) is 24.3 Å². The lowest BCUT2D eigenvalue weighted by Crippen LogP contribution is -2.47. The molecule has 0 heterocycles. The first-order valence-corrected chi connectivity index (χ1v) is 10.2. The smallest absolute Gasteiger partial charge is 0.322 e. The summed E-state index contributed by atoms with van der Waals surface area (Å²) in [6, 6.07) is 0. The number of amides is 6. The summed E-state index contributed by atoms with van der Waals surface area (Å²) >= 11 is 0. The largest absolute Gasteiger partial charge is 0.480 e. The molecule has 6 N–H and O–H groups in total.